The number of fused-ring (bicyclic) bond motifs is 1. The molecular weight excluding hydrogens is 256 g/mol. The van der Waals surface area contributed by atoms with Gasteiger partial charge in [0.2, 0.25) is 0 Å². The average Bonchev–Trinajstić information content (AvgIpc) is 2.39. The molecule has 102 valence electrons. The molecule has 1 aromatic carbocycles. The summed E-state index contributed by atoms with van der Waals surface area (Å²) in [5.41, 5.74) is 2.09. The third-order valence-electron chi connectivity index (χ3n) is 3.35. The Kier molecular flexibility index (Phi) is 5.03. The Balaban J connectivity index is 2.12. The highest BCUT2D eigenvalue weighted by Crippen LogP contribution is 2.25. The molecule has 0 spiro atoms. The maximum atomic E-state index is 6.00. The van der Waals surface area contributed by atoms with Crippen LogP contribution in [0.5, 0.6) is 0 Å². The monoisotopic (exact) mass is 276 g/mol. The fraction of sp³-hybridized carbons (Fsp3) is 0.438. The summed E-state index contributed by atoms with van der Waals surface area (Å²) in [5.74, 6) is 0. The fourth-order valence-electron chi connectivity index (χ4n) is 2.29. The van der Waals surface area contributed by atoms with Crippen molar-refractivity contribution >= 4 is 28.2 Å². The van der Waals surface area contributed by atoms with Gasteiger partial charge in [-0.25, -0.2) is 0 Å². The molecule has 0 aliphatic carbocycles. The largest absolute Gasteiger partial charge is 0.382 e. The first kappa shape index (κ1) is 14.1. The lowest BCUT2D eigenvalue weighted by atomic mass is 10.1. The Bertz CT molecular complexity index is 539. The molecule has 0 radical (unpaired) electrons. The zero-order valence-electron chi connectivity index (χ0n) is 11.6. The molecule has 1 N–H and O–H groups in total. The topological polar surface area (TPSA) is 24.9 Å². The fourth-order valence-corrected chi connectivity index (χ4v) is 2.45. The van der Waals surface area contributed by atoms with E-state index in [9.17, 15) is 0 Å². The van der Waals surface area contributed by atoms with Crippen molar-refractivity contribution in [3.63, 3.8) is 0 Å². The van der Waals surface area contributed by atoms with Crippen molar-refractivity contribution in [1.82, 2.24) is 4.98 Å². The van der Waals surface area contributed by atoms with E-state index in [1.54, 1.807) is 0 Å². The van der Waals surface area contributed by atoms with Crippen molar-refractivity contribution in [3.05, 3.63) is 35.5 Å². The van der Waals surface area contributed by atoms with Crippen LogP contribution in [0.1, 0.15) is 39.5 Å². The highest BCUT2D eigenvalue weighted by Gasteiger charge is 2.06. The molecule has 0 amide bonds. The smallest absolute Gasteiger partial charge is 0.0737 e. The van der Waals surface area contributed by atoms with E-state index in [2.05, 4.69) is 24.1 Å². The molecule has 3 heteroatoms. The van der Waals surface area contributed by atoms with Gasteiger partial charge < -0.3 is 5.32 Å². The van der Waals surface area contributed by atoms with Gasteiger partial charge in [-0.05, 0) is 37.6 Å². The molecule has 0 aliphatic rings. The zero-order valence-corrected chi connectivity index (χ0v) is 12.4. The van der Waals surface area contributed by atoms with Crippen molar-refractivity contribution in [1.29, 1.82) is 0 Å². The number of halogens is 1. The average molecular weight is 277 g/mol. The van der Waals surface area contributed by atoms with Crippen LogP contribution in [-0.2, 0) is 0 Å². The van der Waals surface area contributed by atoms with Crippen LogP contribution in [0.25, 0.3) is 10.9 Å². The molecule has 0 bridgehead atoms. The number of hydrogen-bond acceptors (Lipinski definition) is 2. The molecule has 19 heavy (non-hydrogen) atoms. The summed E-state index contributed by atoms with van der Waals surface area (Å²) in [6.07, 6.45) is 6.88. The molecule has 2 nitrogen and oxygen atoms in total. The van der Waals surface area contributed by atoms with Crippen molar-refractivity contribution < 1.29 is 0 Å². The van der Waals surface area contributed by atoms with Crippen LogP contribution < -0.4 is 5.32 Å². The lowest BCUT2D eigenvalue weighted by molar-refractivity contribution is 0.615. The first-order valence-corrected chi connectivity index (χ1v) is 7.39. The third kappa shape index (κ3) is 3.84. The Morgan fingerprint density at radius 3 is 2.89 bits per heavy atom. The second-order valence-corrected chi connectivity index (χ2v) is 5.50. The van der Waals surface area contributed by atoms with E-state index in [0.29, 0.717) is 6.04 Å². The van der Waals surface area contributed by atoms with Gasteiger partial charge in [-0.15, -0.1) is 0 Å². The number of benzene rings is 1. The zero-order chi connectivity index (χ0) is 13.7. The Morgan fingerprint density at radius 2 is 2.11 bits per heavy atom. The summed E-state index contributed by atoms with van der Waals surface area (Å²) in [4.78, 5) is 4.36. The summed E-state index contributed by atoms with van der Waals surface area (Å²) in [6.45, 7) is 4.47. The standard InChI is InChI=1S/C16H21ClN2/c1-3-4-5-6-12(2)19-15-9-10-18-16-11-13(17)7-8-14(15)16/h7-12H,3-6H2,1-2H3,(H,18,19). The Hall–Kier alpha value is -1.28. The summed E-state index contributed by atoms with van der Waals surface area (Å²) in [6, 6.07) is 8.37. The van der Waals surface area contributed by atoms with Crippen molar-refractivity contribution in [3.8, 4) is 0 Å². The van der Waals surface area contributed by atoms with Gasteiger partial charge in [-0.2, -0.15) is 0 Å². The van der Waals surface area contributed by atoms with Crippen LogP contribution in [0.2, 0.25) is 5.02 Å². The second kappa shape index (κ2) is 6.76. The van der Waals surface area contributed by atoms with Gasteiger partial charge in [0.25, 0.3) is 0 Å². The normalized spacial score (nSPS) is 12.6. The first-order valence-electron chi connectivity index (χ1n) is 7.01. The maximum absolute atomic E-state index is 6.00. The van der Waals surface area contributed by atoms with Gasteiger partial charge >= 0.3 is 0 Å². The molecule has 0 saturated carbocycles. The predicted molar refractivity (Wildman–Crippen MR) is 84.0 cm³/mol. The van der Waals surface area contributed by atoms with Crippen LogP contribution in [0.3, 0.4) is 0 Å². The van der Waals surface area contributed by atoms with E-state index < -0.39 is 0 Å². The molecule has 1 atom stereocenters. The van der Waals surface area contributed by atoms with E-state index >= 15 is 0 Å². The van der Waals surface area contributed by atoms with Crippen LogP contribution in [0, 0.1) is 0 Å². The van der Waals surface area contributed by atoms with E-state index in [1.807, 2.05) is 30.5 Å². The molecule has 0 aliphatic heterocycles. The minimum absolute atomic E-state index is 0.479. The van der Waals surface area contributed by atoms with E-state index in [4.69, 9.17) is 11.6 Å². The van der Waals surface area contributed by atoms with Crippen molar-refractivity contribution in [2.24, 2.45) is 0 Å². The predicted octanol–water partition coefficient (Wildman–Crippen LogP) is 5.27. The SMILES string of the molecule is CCCCCC(C)Nc1ccnc2cc(Cl)ccc12. The molecular formula is C16H21ClN2. The van der Waals surface area contributed by atoms with Gasteiger partial charge in [0, 0.05) is 28.3 Å². The molecule has 1 aromatic heterocycles. The first-order chi connectivity index (χ1) is 9.20. The lowest BCUT2D eigenvalue weighted by Gasteiger charge is -2.16. The minimum atomic E-state index is 0.479. The lowest BCUT2D eigenvalue weighted by Crippen LogP contribution is -2.15. The van der Waals surface area contributed by atoms with Gasteiger partial charge in [0.05, 0.1) is 5.52 Å². The number of anilines is 1. The van der Waals surface area contributed by atoms with Crippen molar-refractivity contribution in [2.75, 3.05) is 5.32 Å². The highest BCUT2D eigenvalue weighted by atomic mass is 35.5. The number of nitrogens with one attached hydrogen (secondary N) is 1. The number of hydrogen-bond donors (Lipinski definition) is 1. The molecule has 2 aromatic rings. The molecule has 2 rings (SSSR count). The van der Waals surface area contributed by atoms with Crippen LogP contribution >= 0.6 is 11.6 Å². The highest BCUT2D eigenvalue weighted by molar-refractivity contribution is 6.31. The van der Waals surface area contributed by atoms with E-state index in [0.717, 1.165) is 21.6 Å². The molecule has 0 saturated heterocycles. The minimum Gasteiger partial charge on any atom is -0.382 e. The van der Waals surface area contributed by atoms with Crippen molar-refractivity contribution in [2.45, 2.75) is 45.6 Å². The third-order valence-corrected chi connectivity index (χ3v) is 3.58. The van der Waals surface area contributed by atoms with Crippen LogP contribution in [0.4, 0.5) is 5.69 Å². The van der Waals surface area contributed by atoms with Gasteiger partial charge in [0.15, 0.2) is 0 Å². The number of rotatable bonds is 6. The van der Waals surface area contributed by atoms with E-state index in [-0.39, 0.29) is 0 Å². The summed E-state index contributed by atoms with van der Waals surface area (Å²) in [7, 11) is 0. The summed E-state index contributed by atoms with van der Waals surface area (Å²) in [5, 5.41) is 5.44. The quantitative estimate of drug-likeness (QED) is 0.727. The summed E-state index contributed by atoms with van der Waals surface area (Å²) < 4.78 is 0. The van der Waals surface area contributed by atoms with Gasteiger partial charge in [-0.1, -0.05) is 37.8 Å². The summed E-state index contributed by atoms with van der Waals surface area (Å²) >= 11 is 6.00. The Morgan fingerprint density at radius 1 is 1.26 bits per heavy atom. The van der Waals surface area contributed by atoms with Gasteiger partial charge in [-0.3, -0.25) is 4.98 Å². The Labute approximate surface area is 120 Å². The number of unbranched alkanes of at least 4 members (excludes halogenated alkanes) is 2. The molecule has 1 heterocycles. The van der Waals surface area contributed by atoms with Crippen LogP contribution in [0.15, 0.2) is 30.5 Å². The second-order valence-electron chi connectivity index (χ2n) is 5.06. The van der Waals surface area contributed by atoms with Gasteiger partial charge in [0.1, 0.15) is 0 Å². The number of pyridine rings is 1. The number of nitrogens with zero attached hydrogens (tertiary/aromatic N) is 1. The number of aromatic nitrogens is 1. The maximum Gasteiger partial charge on any atom is 0.0737 e. The van der Waals surface area contributed by atoms with E-state index in [1.165, 1.54) is 25.7 Å². The molecule has 0 fully saturated rings. The molecule has 1 unspecified atom stereocenters. The van der Waals surface area contributed by atoms with Crippen LogP contribution in [-0.4, -0.2) is 11.0 Å².